The second kappa shape index (κ2) is 7.15. The monoisotopic (exact) mass is 398 g/mol. The summed E-state index contributed by atoms with van der Waals surface area (Å²) in [6.45, 7) is 0. The molecule has 2 amide bonds. The van der Waals surface area contributed by atoms with Gasteiger partial charge in [-0.2, -0.15) is 0 Å². The van der Waals surface area contributed by atoms with Crippen LogP contribution in [0.25, 0.3) is 0 Å². The molecule has 2 aromatic rings. The Labute approximate surface area is 154 Å². The Kier molecular flexibility index (Phi) is 5.12. The SMILES string of the molecule is O=C(NC1CCS(=O)(=O)C1)c1ccc(Cl)c(NC(=O)c2cccs2)c1. The zero-order valence-corrected chi connectivity index (χ0v) is 15.4. The molecule has 1 fully saturated rings. The Morgan fingerprint density at radius 2 is 2.00 bits per heavy atom. The van der Waals surface area contributed by atoms with Gasteiger partial charge in [0.1, 0.15) is 0 Å². The molecule has 1 aromatic carbocycles. The van der Waals surface area contributed by atoms with E-state index in [0.717, 1.165) is 0 Å². The van der Waals surface area contributed by atoms with E-state index >= 15 is 0 Å². The Balaban J connectivity index is 1.72. The van der Waals surface area contributed by atoms with Crippen molar-refractivity contribution in [3.63, 3.8) is 0 Å². The first-order valence-corrected chi connectivity index (χ1v) is 10.6. The zero-order chi connectivity index (χ0) is 18.0. The molecule has 1 atom stereocenters. The van der Waals surface area contributed by atoms with Gasteiger partial charge in [-0.3, -0.25) is 9.59 Å². The molecular weight excluding hydrogens is 384 g/mol. The third kappa shape index (κ3) is 4.39. The number of hydrogen-bond acceptors (Lipinski definition) is 5. The number of hydrogen-bond donors (Lipinski definition) is 2. The number of thiophene rings is 1. The molecule has 1 aliphatic rings. The molecule has 6 nitrogen and oxygen atoms in total. The maximum atomic E-state index is 12.3. The number of sulfone groups is 1. The van der Waals surface area contributed by atoms with Crippen molar-refractivity contribution in [2.45, 2.75) is 12.5 Å². The van der Waals surface area contributed by atoms with Crippen LogP contribution in [0.3, 0.4) is 0 Å². The van der Waals surface area contributed by atoms with Crippen molar-refractivity contribution in [3.05, 3.63) is 51.2 Å². The number of halogens is 1. The summed E-state index contributed by atoms with van der Waals surface area (Å²) < 4.78 is 23.0. The molecule has 132 valence electrons. The van der Waals surface area contributed by atoms with Crippen molar-refractivity contribution in [2.75, 3.05) is 16.8 Å². The van der Waals surface area contributed by atoms with E-state index < -0.39 is 21.8 Å². The molecule has 3 rings (SSSR count). The van der Waals surface area contributed by atoms with Crippen molar-refractivity contribution in [1.29, 1.82) is 0 Å². The minimum absolute atomic E-state index is 0.0473. The minimum atomic E-state index is -3.07. The maximum absolute atomic E-state index is 12.3. The number of nitrogens with one attached hydrogen (secondary N) is 2. The van der Waals surface area contributed by atoms with Gasteiger partial charge in [-0.05, 0) is 36.1 Å². The second-order valence-electron chi connectivity index (χ2n) is 5.70. The van der Waals surface area contributed by atoms with E-state index in [2.05, 4.69) is 10.6 Å². The van der Waals surface area contributed by atoms with Crippen LogP contribution in [0.1, 0.15) is 26.5 Å². The Hall–Kier alpha value is -1.90. The van der Waals surface area contributed by atoms with Gasteiger partial charge < -0.3 is 10.6 Å². The summed E-state index contributed by atoms with van der Waals surface area (Å²) in [4.78, 5) is 25.0. The quantitative estimate of drug-likeness (QED) is 0.827. The van der Waals surface area contributed by atoms with Crippen molar-refractivity contribution in [3.8, 4) is 0 Å². The molecule has 2 N–H and O–H groups in total. The fraction of sp³-hybridized carbons (Fsp3) is 0.250. The Morgan fingerprint density at radius 1 is 1.20 bits per heavy atom. The molecule has 9 heteroatoms. The molecule has 0 spiro atoms. The molecule has 1 saturated heterocycles. The zero-order valence-electron chi connectivity index (χ0n) is 13.0. The highest BCUT2D eigenvalue weighted by Gasteiger charge is 2.29. The number of rotatable bonds is 4. The lowest BCUT2D eigenvalue weighted by molar-refractivity contribution is 0.0940. The van der Waals surface area contributed by atoms with Crippen LogP contribution in [0.15, 0.2) is 35.7 Å². The highest BCUT2D eigenvalue weighted by Crippen LogP contribution is 2.24. The Morgan fingerprint density at radius 3 is 2.64 bits per heavy atom. The largest absolute Gasteiger partial charge is 0.348 e. The van der Waals surface area contributed by atoms with Crippen LogP contribution < -0.4 is 10.6 Å². The highest BCUT2D eigenvalue weighted by atomic mass is 35.5. The number of benzene rings is 1. The van der Waals surface area contributed by atoms with Crippen LogP contribution in [-0.4, -0.2) is 37.8 Å². The lowest BCUT2D eigenvalue weighted by atomic mass is 10.1. The standard InChI is InChI=1S/C16H15ClN2O4S2/c17-12-4-3-10(15(20)18-11-5-7-25(22,23)9-11)8-13(12)19-16(21)14-2-1-6-24-14/h1-4,6,8,11H,5,7,9H2,(H,18,20)(H,19,21). The molecule has 1 aromatic heterocycles. The lowest BCUT2D eigenvalue weighted by Crippen LogP contribution is -2.35. The summed E-state index contributed by atoms with van der Waals surface area (Å²) in [5.41, 5.74) is 0.627. The number of carbonyl (C=O) groups excluding carboxylic acids is 2. The molecule has 2 heterocycles. The van der Waals surface area contributed by atoms with E-state index in [-0.39, 0.29) is 17.4 Å². The van der Waals surface area contributed by atoms with Crippen molar-refractivity contribution >= 4 is 50.3 Å². The summed E-state index contributed by atoms with van der Waals surface area (Å²) in [5, 5.41) is 7.48. The smallest absolute Gasteiger partial charge is 0.265 e. The van der Waals surface area contributed by atoms with E-state index in [1.165, 1.54) is 29.5 Å². The number of amides is 2. The van der Waals surface area contributed by atoms with Crippen molar-refractivity contribution in [1.82, 2.24) is 5.32 Å². The van der Waals surface area contributed by atoms with Crippen LogP contribution in [0.2, 0.25) is 5.02 Å². The van der Waals surface area contributed by atoms with Gasteiger partial charge in [0.05, 0.1) is 27.1 Å². The summed E-state index contributed by atoms with van der Waals surface area (Å²) in [7, 11) is -3.07. The molecule has 25 heavy (non-hydrogen) atoms. The van der Waals surface area contributed by atoms with Gasteiger partial charge >= 0.3 is 0 Å². The molecule has 1 aliphatic heterocycles. The normalized spacial score (nSPS) is 18.7. The van der Waals surface area contributed by atoms with Gasteiger partial charge in [-0.1, -0.05) is 17.7 Å². The number of carbonyl (C=O) groups is 2. The van der Waals surface area contributed by atoms with E-state index in [1.807, 2.05) is 0 Å². The Bertz CT molecular complexity index is 910. The molecule has 1 unspecified atom stereocenters. The fourth-order valence-electron chi connectivity index (χ4n) is 2.53. The average molecular weight is 399 g/mol. The van der Waals surface area contributed by atoms with E-state index in [9.17, 15) is 18.0 Å². The van der Waals surface area contributed by atoms with Gasteiger partial charge in [0.25, 0.3) is 11.8 Å². The first kappa shape index (κ1) is 17.9. The van der Waals surface area contributed by atoms with E-state index in [0.29, 0.717) is 27.6 Å². The van der Waals surface area contributed by atoms with Crippen LogP contribution in [0.5, 0.6) is 0 Å². The predicted molar refractivity (Wildman–Crippen MR) is 98.2 cm³/mol. The minimum Gasteiger partial charge on any atom is -0.348 e. The second-order valence-corrected chi connectivity index (χ2v) is 9.28. The average Bonchev–Trinajstić information content (AvgIpc) is 3.19. The van der Waals surface area contributed by atoms with Crippen LogP contribution in [0.4, 0.5) is 5.69 Å². The lowest BCUT2D eigenvalue weighted by Gasteiger charge is -2.12. The molecule has 0 saturated carbocycles. The van der Waals surface area contributed by atoms with E-state index in [1.54, 1.807) is 17.5 Å². The topological polar surface area (TPSA) is 92.3 Å². The first-order valence-electron chi connectivity index (χ1n) is 7.50. The van der Waals surface area contributed by atoms with Gasteiger partial charge in [-0.15, -0.1) is 11.3 Å². The van der Waals surface area contributed by atoms with Crippen LogP contribution in [0, 0.1) is 0 Å². The van der Waals surface area contributed by atoms with Crippen molar-refractivity contribution in [2.24, 2.45) is 0 Å². The molecular formula is C16H15ClN2O4S2. The summed E-state index contributed by atoms with van der Waals surface area (Å²) in [6, 6.07) is 7.59. The van der Waals surface area contributed by atoms with Gasteiger partial charge in [0, 0.05) is 11.6 Å². The number of anilines is 1. The van der Waals surface area contributed by atoms with Gasteiger partial charge in [0.15, 0.2) is 9.84 Å². The van der Waals surface area contributed by atoms with Gasteiger partial charge in [-0.25, -0.2) is 8.42 Å². The summed E-state index contributed by atoms with van der Waals surface area (Å²) in [6.07, 6.45) is 0.406. The van der Waals surface area contributed by atoms with Crippen LogP contribution in [-0.2, 0) is 9.84 Å². The highest BCUT2D eigenvalue weighted by molar-refractivity contribution is 7.91. The third-order valence-electron chi connectivity index (χ3n) is 3.79. The van der Waals surface area contributed by atoms with E-state index in [4.69, 9.17) is 11.6 Å². The summed E-state index contributed by atoms with van der Waals surface area (Å²) in [5.74, 6) is -0.670. The van der Waals surface area contributed by atoms with Crippen LogP contribution >= 0.6 is 22.9 Å². The molecule has 0 aliphatic carbocycles. The first-order chi connectivity index (χ1) is 11.8. The molecule has 0 radical (unpaired) electrons. The predicted octanol–water partition coefficient (Wildman–Crippen LogP) is 2.57. The van der Waals surface area contributed by atoms with Gasteiger partial charge in [0.2, 0.25) is 0 Å². The van der Waals surface area contributed by atoms with Crippen molar-refractivity contribution < 1.29 is 18.0 Å². The third-order valence-corrected chi connectivity index (χ3v) is 6.76. The maximum Gasteiger partial charge on any atom is 0.265 e. The fourth-order valence-corrected chi connectivity index (χ4v) is 4.99. The summed E-state index contributed by atoms with van der Waals surface area (Å²) >= 11 is 7.39. The molecule has 0 bridgehead atoms.